The number of methoxy groups -OCH3 is 1. The minimum atomic E-state index is 0.722. The van der Waals surface area contributed by atoms with E-state index in [9.17, 15) is 0 Å². The summed E-state index contributed by atoms with van der Waals surface area (Å²) in [6, 6.07) is 17.8. The van der Waals surface area contributed by atoms with E-state index in [-0.39, 0.29) is 0 Å². The summed E-state index contributed by atoms with van der Waals surface area (Å²) in [6.07, 6.45) is 3.37. The van der Waals surface area contributed by atoms with Crippen molar-refractivity contribution in [2.45, 2.75) is 0 Å². The molecule has 5 heteroatoms. The molecule has 0 saturated carbocycles. The summed E-state index contributed by atoms with van der Waals surface area (Å²) >= 11 is 0. The largest absolute Gasteiger partial charge is 0.497 e. The Balaban J connectivity index is 1.92. The molecule has 5 nitrogen and oxygen atoms in total. The molecule has 0 spiro atoms. The molecule has 112 valence electrons. The first-order valence-electron chi connectivity index (χ1n) is 7.25. The predicted octanol–water partition coefficient (Wildman–Crippen LogP) is 3.47. The third-order valence-electron chi connectivity index (χ3n) is 3.72. The number of nitrogens with zero attached hydrogens (tertiary/aromatic N) is 4. The van der Waals surface area contributed by atoms with Crippen LogP contribution in [0.2, 0.25) is 0 Å². The van der Waals surface area contributed by atoms with E-state index in [1.54, 1.807) is 13.4 Å². The molecule has 4 aromatic rings. The lowest BCUT2D eigenvalue weighted by Crippen LogP contribution is -1.99. The van der Waals surface area contributed by atoms with Gasteiger partial charge in [0.1, 0.15) is 17.8 Å². The van der Waals surface area contributed by atoms with Gasteiger partial charge in [-0.15, -0.1) is 0 Å². The van der Waals surface area contributed by atoms with E-state index >= 15 is 0 Å². The van der Waals surface area contributed by atoms with E-state index in [0.717, 1.165) is 33.9 Å². The second-order valence-corrected chi connectivity index (χ2v) is 5.09. The van der Waals surface area contributed by atoms with Gasteiger partial charge in [0, 0.05) is 11.1 Å². The van der Waals surface area contributed by atoms with Gasteiger partial charge < -0.3 is 4.74 Å². The van der Waals surface area contributed by atoms with Gasteiger partial charge in [0.25, 0.3) is 0 Å². The highest BCUT2D eigenvalue weighted by Gasteiger charge is 2.13. The van der Waals surface area contributed by atoms with Gasteiger partial charge in [-0.1, -0.05) is 42.5 Å². The van der Waals surface area contributed by atoms with Crippen LogP contribution in [0.3, 0.4) is 0 Å². The fourth-order valence-electron chi connectivity index (χ4n) is 2.60. The van der Waals surface area contributed by atoms with Crippen molar-refractivity contribution in [3.8, 4) is 28.3 Å². The first-order valence-corrected chi connectivity index (χ1v) is 7.25. The van der Waals surface area contributed by atoms with Crippen molar-refractivity contribution in [1.29, 1.82) is 0 Å². The Bertz CT molecular complexity index is 963. The number of fused-ring (bicyclic) bond motifs is 1. The molecule has 2 aromatic carbocycles. The molecule has 4 rings (SSSR count). The van der Waals surface area contributed by atoms with E-state index in [1.807, 2.05) is 65.3 Å². The van der Waals surface area contributed by atoms with Crippen LogP contribution in [0.4, 0.5) is 0 Å². The number of aromatic nitrogens is 4. The molecule has 0 bridgehead atoms. The van der Waals surface area contributed by atoms with Gasteiger partial charge in [-0.2, -0.15) is 5.10 Å². The highest BCUT2D eigenvalue weighted by Crippen LogP contribution is 2.27. The minimum Gasteiger partial charge on any atom is -0.497 e. The summed E-state index contributed by atoms with van der Waals surface area (Å²) in [7, 11) is 1.65. The van der Waals surface area contributed by atoms with Crippen molar-refractivity contribution < 1.29 is 4.74 Å². The molecular weight excluding hydrogens is 288 g/mol. The summed E-state index contributed by atoms with van der Waals surface area (Å²) in [5.74, 6) is 0.786. The maximum atomic E-state index is 5.29. The molecule has 0 N–H and O–H groups in total. The van der Waals surface area contributed by atoms with Crippen molar-refractivity contribution in [2.24, 2.45) is 0 Å². The first kappa shape index (κ1) is 13.5. The zero-order chi connectivity index (χ0) is 15.6. The Morgan fingerprint density at radius 3 is 2.57 bits per heavy atom. The molecule has 2 aromatic heterocycles. The average Bonchev–Trinajstić information content (AvgIpc) is 3.11. The van der Waals surface area contributed by atoms with Gasteiger partial charge >= 0.3 is 0 Å². The van der Waals surface area contributed by atoms with Gasteiger partial charge in [-0.3, -0.25) is 0 Å². The number of rotatable bonds is 3. The molecule has 0 unspecified atom stereocenters. The van der Waals surface area contributed by atoms with Gasteiger partial charge in [0.15, 0.2) is 5.65 Å². The summed E-state index contributed by atoms with van der Waals surface area (Å²) in [6.45, 7) is 0. The standard InChI is InChI=1S/C18H14N4O/c1-23-15-9-5-8-14(10-15)17-18-20-12-21-22(18)16(11-19-17)13-6-3-2-4-7-13/h2-12H,1H3. The summed E-state index contributed by atoms with van der Waals surface area (Å²) in [4.78, 5) is 9.01. The number of hydrogen-bond acceptors (Lipinski definition) is 4. The van der Waals surface area contributed by atoms with Gasteiger partial charge in [-0.05, 0) is 12.1 Å². The van der Waals surface area contributed by atoms with Crippen LogP contribution in [0.15, 0.2) is 67.1 Å². The molecule has 0 aliphatic heterocycles. The third kappa shape index (κ3) is 2.32. The third-order valence-corrected chi connectivity index (χ3v) is 3.72. The van der Waals surface area contributed by atoms with Crippen LogP contribution in [0.1, 0.15) is 0 Å². The number of ether oxygens (including phenoxy) is 1. The smallest absolute Gasteiger partial charge is 0.182 e. The Hall–Kier alpha value is -3.21. The Morgan fingerprint density at radius 1 is 0.913 bits per heavy atom. The van der Waals surface area contributed by atoms with E-state index in [1.165, 1.54) is 0 Å². The molecule has 0 aliphatic carbocycles. The predicted molar refractivity (Wildman–Crippen MR) is 88.2 cm³/mol. The van der Waals surface area contributed by atoms with Crippen LogP contribution in [-0.2, 0) is 0 Å². The Kier molecular flexibility index (Phi) is 3.24. The van der Waals surface area contributed by atoms with Crippen LogP contribution in [0, 0.1) is 0 Å². The topological polar surface area (TPSA) is 52.3 Å². The Labute approximate surface area is 133 Å². The molecule has 0 fully saturated rings. The van der Waals surface area contributed by atoms with Crippen molar-refractivity contribution >= 4 is 5.65 Å². The van der Waals surface area contributed by atoms with Crippen LogP contribution in [0.25, 0.3) is 28.2 Å². The molecule has 0 aliphatic rings. The molecule has 0 saturated heterocycles. The highest BCUT2D eigenvalue weighted by molar-refractivity contribution is 5.76. The lowest BCUT2D eigenvalue weighted by molar-refractivity contribution is 0.415. The van der Waals surface area contributed by atoms with Gasteiger partial charge in [-0.25, -0.2) is 14.5 Å². The second-order valence-electron chi connectivity index (χ2n) is 5.09. The summed E-state index contributed by atoms with van der Waals surface area (Å²) < 4.78 is 7.11. The fourth-order valence-corrected chi connectivity index (χ4v) is 2.60. The lowest BCUT2D eigenvalue weighted by Gasteiger charge is -2.08. The average molecular weight is 302 g/mol. The van der Waals surface area contributed by atoms with Gasteiger partial charge in [0.2, 0.25) is 0 Å². The van der Waals surface area contributed by atoms with E-state index in [0.29, 0.717) is 0 Å². The fraction of sp³-hybridized carbons (Fsp3) is 0.0556. The second kappa shape index (κ2) is 5.53. The quantitative estimate of drug-likeness (QED) is 0.581. The van der Waals surface area contributed by atoms with Crippen LogP contribution >= 0.6 is 0 Å². The first-order chi connectivity index (χ1) is 11.4. The number of benzene rings is 2. The molecule has 0 amide bonds. The minimum absolute atomic E-state index is 0.722. The Morgan fingerprint density at radius 2 is 1.74 bits per heavy atom. The van der Waals surface area contributed by atoms with Crippen LogP contribution < -0.4 is 4.74 Å². The SMILES string of the molecule is COc1cccc(-c2ncc(-c3ccccc3)n3ncnc23)c1. The molecule has 2 heterocycles. The van der Waals surface area contributed by atoms with Crippen molar-refractivity contribution in [3.05, 3.63) is 67.1 Å². The highest BCUT2D eigenvalue weighted by atomic mass is 16.5. The molecular formula is C18H14N4O. The van der Waals surface area contributed by atoms with E-state index in [4.69, 9.17) is 4.74 Å². The molecule has 0 radical (unpaired) electrons. The van der Waals surface area contributed by atoms with Crippen LogP contribution in [-0.4, -0.2) is 26.7 Å². The van der Waals surface area contributed by atoms with Crippen molar-refractivity contribution in [1.82, 2.24) is 19.6 Å². The lowest BCUT2D eigenvalue weighted by atomic mass is 10.1. The normalized spacial score (nSPS) is 10.8. The summed E-state index contributed by atoms with van der Waals surface area (Å²) in [5, 5.41) is 4.36. The molecule has 23 heavy (non-hydrogen) atoms. The maximum absolute atomic E-state index is 5.29. The summed E-state index contributed by atoms with van der Waals surface area (Å²) in [5.41, 5.74) is 4.40. The molecule has 0 atom stereocenters. The van der Waals surface area contributed by atoms with Crippen molar-refractivity contribution in [2.75, 3.05) is 7.11 Å². The zero-order valence-electron chi connectivity index (χ0n) is 12.5. The monoisotopic (exact) mass is 302 g/mol. The maximum Gasteiger partial charge on any atom is 0.182 e. The zero-order valence-corrected chi connectivity index (χ0v) is 12.5. The van der Waals surface area contributed by atoms with Gasteiger partial charge in [0.05, 0.1) is 19.0 Å². The van der Waals surface area contributed by atoms with E-state index in [2.05, 4.69) is 15.1 Å². The van der Waals surface area contributed by atoms with E-state index < -0.39 is 0 Å². The van der Waals surface area contributed by atoms with Crippen molar-refractivity contribution in [3.63, 3.8) is 0 Å². The van der Waals surface area contributed by atoms with Crippen LogP contribution in [0.5, 0.6) is 5.75 Å². The number of hydrogen-bond donors (Lipinski definition) is 0.